The third kappa shape index (κ3) is 4.85. The lowest BCUT2D eigenvalue weighted by molar-refractivity contribution is -0.136. The molecule has 0 unspecified atom stereocenters. The summed E-state index contributed by atoms with van der Waals surface area (Å²) in [4.78, 5) is 24.6. The van der Waals surface area contributed by atoms with Gasteiger partial charge < -0.3 is 10.4 Å². The number of urea groups is 1. The molecule has 1 saturated carbocycles. The maximum atomic E-state index is 12.3. The predicted molar refractivity (Wildman–Crippen MR) is 102 cm³/mol. The Kier molecular flexibility index (Phi) is 5.56. The number of carboxylic acid groups (broad SMARTS) is 1. The van der Waals surface area contributed by atoms with Crippen molar-refractivity contribution in [2.45, 2.75) is 25.7 Å². The number of benzene rings is 2. The zero-order valence-corrected chi connectivity index (χ0v) is 14.9. The summed E-state index contributed by atoms with van der Waals surface area (Å²) < 4.78 is 0. The van der Waals surface area contributed by atoms with Crippen LogP contribution >= 0.6 is 0 Å². The van der Waals surface area contributed by atoms with E-state index in [-0.39, 0.29) is 12.5 Å². The normalized spacial score (nSPS) is 13.3. The van der Waals surface area contributed by atoms with Crippen LogP contribution in [0.1, 0.15) is 24.8 Å². The number of anilines is 1. The molecule has 2 aromatic carbocycles. The molecule has 2 N–H and O–H groups in total. The maximum absolute atomic E-state index is 12.3. The van der Waals surface area contributed by atoms with Crippen molar-refractivity contribution in [2.75, 3.05) is 18.5 Å². The minimum Gasteiger partial charge on any atom is -0.481 e. The van der Waals surface area contributed by atoms with Gasteiger partial charge in [-0.05, 0) is 54.0 Å². The second-order valence-corrected chi connectivity index (χ2v) is 6.83. The monoisotopic (exact) mass is 352 g/mol. The Hall–Kier alpha value is -2.82. The first kappa shape index (κ1) is 18.0. The van der Waals surface area contributed by atoms with Gasteiger partial charge in [0.05, 0.1) is 0 Å². The largest absolute Gasteiger partial charge is 0.481 e. The van der Waals surface area contributed by atoms with Crippen molar-refractivity contribution in [3.05, 3.63) is 54.1 Å². The molecule has 136 valence electrons. The molecule has 0 aromatic heterocycles. The molecular formula is C21H24N2O3. The van der Waals surface area contributed by atoms with E-state index >= 15 is 0 Å². The molecule has 0 radical (unpaired) electrons. The number of nitrogens with zero attached hydrogens (tertiary/aromatic N) is 1. The van der Waals surface area contributed by atoms with Crippen LogP contribution in [0.5, 0.6) is 0 Å². The molecule has 0 saturated heterocycles. The SMILES string of the molecule is CN(C(=O)NCC1CC1)c1cccc(-c2ccc(CCC(=O)O)cc2)c1. The average molecular weight is 352 g/mol. The van der Waals surface area contributed by atoms with Gasteiger partial charge in [-0.2, -0.15) is 0 Å². The highest BCUT2D eigenvalue weighted by atomic mass is 16.4. The summed E-state index contributed by atoms with van der Waals surface area (Å²) in [5.41, 5.74) is 3.90. The molecule has 2 aromatic rings. The van der Waals surface area contributed by atoms with Crippen LogP contribution in [0.4, 0.5) is 10.5 Å². The third-order valence-electron chi connectivity index (χ3n) is 4.69. The third-order valence-corrected chi connectivity index (χ3v) is 4.69. The number of carbonyl (C=O) groups excluding carboxylic acids is 1. The van der Waals surface area contributed by atoms with E-state index in [9.17, 15) is 9.59 Å². The highest BCUT2D eigenvalue weighted by Gasteiger charge is 2.22. The summed E-state index contributed by atoms with van der Waals surface area (Å²) in [5.74, 6) is -0.136. The smallest absolute Gasteiger partial charge is 0.321 e. The van der Waals surface area contributed by atoms with Crippen LogP contribution in [0.15, 0.2) is 48.5 Å². The molecule has 0 bridgehead atoms. The van der Waals surface area contributed by atoms with Crippen molar-refractivity contribution >= 4 is 17.7 Å². The van der Waals surface area contributed by atoms with Gasteiger partial charge in [0, 0.05) is 25.7 Å². The van der Waals surface area contributed by atoms with E-state index in [2.05, 4.69) is 5.32 Å². The second kappa shape index (κ2) is 8.04. The van der Waals surface area contributed by atoms with Gasteiger partial charge in [0.25, 0.3) is 0 Å². The number of carbonyl (C=O) groups is 2. The van der Waals surface area contributed by atoms with E-state index in [1.54, 1.807) is 11.9 Å². The van der Waals surface area contributed by atoms with Crippen molar-refractivity contribution in [3.8, 4) is 11.1 Å². The molecular weight excluding hydrogens is 328 g/mol. The lowest BCUT2D eigenvalue weighted by Crippen LogP contribution is -2.38. The zero-order chi connectivity index (χ0) is 18.5. The van der Waals surface area contributed by atoms with Crippen molar-refractivity contribution in [2.24, 2.45) is 5.92 Å². The summed E-state index contributed by atoms with van der Waals surface area (Å²) in [5, 5.41) is 11.7. The molecule has 2 amide bonds. The summed E-state index contributed by atoms with van der Waals surface area (Å²) in [7, 11) is 1.77. The van der Waals surface area contributed by atoms with Crippen molar-refractivity contribution in [1.82, 2.24) is 5.32 Å². The molecule has 1 fully saturated rings. The summed E-state index contributed by atoms with van der Waals surface area (Å²) in [6.07, 6.45) is 3.08. The Bertz CT molecular complexity index is 782. The number of aliphatic carboxylic acids is 1. The van der Waals surface area contributed by atoms with Crippen LogP contribution in [-0.2, 0) is 11.2 Å². The van der Waals surface area contributed by atoms with Crippen LogP contribution in [0.2, 0.25) is 0 Å². The van der Waals surface area contributed by atoms with Crippen molar-refractivity contribution < 1.29 is 14.7 Å². The fourth-order valence-corrected chi connectivity index (χ4v) is 2.80. The topological polar surface area (TPSA) is 69.6 Å². The molecule has 5 heteroatoms. The summed E-state index contributed by atoms with van der Waals surface area (Å²) in [6, 6.07) is 15.7. The van der Waals surface area contributed by atoms with E-state index in [4.69, 9.17) is 5.11 Å². The molecule has 5 nitrogen and oxygen atoms in total. The van der Waals surface area contributed by atoms with Crippen LogP contribution in [0, 0.1) is 5.92 Å². The Balaban J connectivity index is 1.67. The minimum atomic E-state index is -0.787. The first-order valence-electron chi connectivity index (χ1n) is 8.95. The average Bonchev–Trinajstić information content (AvgIpc) is 3.49. The van der Waals surface area contributed by atoms with E-state index in [1.807, 2.05) is 48.5 Å². The first-order valence-corrected chi connectivity index (χ1v) is 8.95. The summed E-state index contributed by atoms with van der Waals surface area (Å²) in [6.45, 7) is 0.751. The van der Waals surface area contributed by atoms with Gasteiger partial charge in [-0.3, -0.25) is 9.69 Å². The van der Waals surface area contributed by atoms with Crippen molar-refractivity contribution in [1.29, 1.82) is 0 Å². The number of aryl methyl sites for hydroxylation is 1. The first-order chi connectivity index (χ1) is 12.5. The molecule has 0 heterocycles. The minimum absolute atomic E-state index is 0.0851. The Morgan fingerprint density at radius 2 is 1.85 bits per heavy atom. The lowest BCUT2D eigenvalue weighted by atomic mass is 10.0. The lowest BCUT2D eigenvalue weighted by Gasteiger charge is -2.19. The number of carboxylic acids is 1. The van der Waals surface area contributed by atoms with Crippen LogP contribution < -0.4 is 10.2 Å². The van der Waals surface area contributed by atoms with Gasteiger partial charge in [0.2, 0.25) is 0 Å². The van der Waals surface area contributed by atoms with E-state index in [0.29, 0.717) is 12.3 Å². The van der Waals surface area contributed by atoms with E-state index in [0.717, 1.165) is 28.9 Å². The fraction of sp³-hybridized carbons (Fsp3) is 0.333. The molecule has 1 aliphatic carbocycles. The quantitative estimate of drug-likeness (QED) is 0.793. The van der Waals surface area contributed by atoms with Gasteiger partial charge in [-0.1, -0.05) is 36.4 Å². The number of nitrogens with one attached hydrogen (secondary N) is 1. The Labute approximate surface area is 153 Å². The number of hydrogen-bond acceptors (Lipinski definition) is 2. The highest BCUT2D eigenvalue weighted by molar-refractivity contribution is 5.92. The molecule has 26 heavy (non-hydrogen) atoms. The number of hydrogen-bond donors (Lipinski definition) is 2. The highest BCUT2D eigenvalue weighted by Crippen LogP contribution is 2.28. The van der Waals surface area contributed by atoms with Gasteiger partial charge in [-0.15, -0.1) is 0 Å². The van der Waals surface area contributed by atoms with Crippen LogP contribution in [0.25, 0.3) is 11.1 Å². The van der Waals surface area contributed by atoms with Crippen molar-refractivity contribution in [3.63, 3.8) is 0 Å². The van der Waals surface area contributed by atoms with Crippen LogP contribution in [0.3, 0.4) is 0 Å². The molecule has 1 aliphatic rings. The van der Waals surface area contributed by atoms with Crippen LogP contribution in [-0.4, -0.2) is 30.7 Å². The molecule has 0 aliphatic heterocycles. The zero-order valence-electron chi connectivity index (χ0n) is 14.9. The standard InChI is InChI=1S/C21H24N2O3/c1-23(21(26)22-14-16-5-6-16)19-4-2-3-18(13-19)17-10-7-15(8-11-17)9-12-20(24)25/h2-4,7-8,10-11,13,16H,5-6,9,12,14H2,1H3,(H,22,26)(H,24,25). The molecule has 3 rings (SSSR count). The van der Waals surface area contributed by atoms with E-state index < -0.39 is 5.97 Å². The molecule has 0 spiro atoms. The fourth-order valence-electron chi connectivity index (χ4n) is 2.80. The number of amides is 2. The maximum Gasteiger partial charge on any atom is 0.321 e. The van der Waals surface area contributed by atoms with Gasteiger partial charge >= 0.3 is 12.0 Å². The second-order valence-electron chi connectivity index (χ2n) is 6.83. The number of rotatable bonds is 7. The van der Waals surface area contributed by atoms with Gasteiger partial charge in [-0.25, -0.2) is 4.79 Å². The predicted octanol–water partition coefficient (Wildman–Crippen LogP) is 3.93. The van der Waals surface area contributed by atoms with E-state index in [1.165, 1.54) is 12.8 Å². The Morgan fingerprint density at radius 1 is 1.12 bits per heavy atom. The molecule has 0 atom stereocenters. The van der Waals surface area contributed by atoms with Gasteiger partial charge in [0.15, 0.2) is 0 Å². The summed E-state index contributed by atoms with van der Waals surface area (Å²) >= 11 is 0. The van der Waals surface area contributed by atoms with Gasteiger partial charge in [0.1, 0.15) is 0 Å². The Morgan fingerprint density at radius 3 is 2.50 bits per heavy atom.